The highest BCUT2D eigenvalue weighted by Crippen LogP contribution is 2.65. The lowest BCUT2D eigenvalue weighted by atomic mass is 9.68. The van der Waals surface area contributed by atoms with Crippen LogP contribution in [0.2, 0.25) is 0 Å². The van der Waals surface area contributed by atoms with Crippen LogP contribution in [-0.2, 0) is 4.74 Å². The molecule has 3 unspecified atom stereocenters. The van der Waals surface area contributed by atoms with E-state index in [2.05, 4.69) is 0 Å². The van der Waals surface area contributed by atoms with Crippen LogP contribution < -0.4 is 5.73 Å². The van der Waals surface area contributed by atoms with Gasteiger partial charge in [0.05, 0.1) is 0 Å². The van der Waals surface area contributed by atoms with E-state index < -0.39 is 0 Å². The monoisotopic (exact) mass is 195 g/mol. The average Bonchev–Trinajstić information content (AvgIpc) is 2.55. The van der Waals surface area contributed by atoms with Crippen LogP contribution >= 0.6 is 0 Å². The van der Waals surface area contributed by atoms with E-state index in [-0.39, 0.29) is 6.23 Å². The standard InChI is InChI=1S/C12H21NO/c1-2-14-11(13)12-5-8-3-9(6-12)10(4-8)7-12/h8-11H,2-7,13H2,1H3. The number of rotatable bonds is 3. The lowest BCUT2D eigenvalue weighted by Gasteiger charge is -2.42. The zero-order chi connectivity index (χ0) is 9.76. The Morgan fingerprint density at radius 3 is 2.43 bits per heavy atom. The van der Waals surface area contributed by atoms with E-state index in [1.807, 2.05) is 6.92 Å². The Morgan fingerprint density at radius 2 is 1.93 bits per heavy atom. The summed E-state index contributed by atoms with van der Waals surface area (Å²) in [5.41, 5.74) is 6.57. The molecule has 0 aromatic rings. The van der Waals surface area contributed by atoms with Crippen molar-refractivity contribution in [1.29, 1.82) is 0 Å². The maximum atomic E-state index is 6.19. The lowest BCUT2D eigenvalue weighted by molar-refractivity contribution is -0.0595. The predicted octanol–water partition coefficient (Wildman–Crippen LogP) is 2.13. The van der Waals surface area contributed by atoms with Crippen LogP contribution in [0.25, 0.3) is 0 Å². The first-order chi connectivity index (χ1) is 6.73. The molecule has 80 valence electrons. The maximum absolute atomic E-state index is 6.19. The van der Waals surface area contributed by atoms with Gasteiger partial charge >= 0.3 is 0 Å². The second kappa shape index (κ2) is 2.96. The summed E-state index contributed by atoms with van der Waals surface area (Å²) in [6.07, 6.45) is 7.06. The molecule has 2 N–H and O–H groups in total. The average molecular weight is 195 g/mol. The van der Waals surface area contributed by atoms with E-state index in [1.54, 1.807) is 0 Å². The molecule has 0 amide bonds. The molecule has 4 saturated carbocycles. The van der Waals surface area contributed by atoms with Gasteiger partial charge in [0.15, 0.2) is 0 Å². The van der Waals surface area contributed by atoms with Crippen LogP contribution in [-0.4, -0.2) is 12.8 Å². The zero-order valence-corrected chi connectivity index (χ0v) is 9.04. The third-order valence-corrected chi connectivity index (χ3v) is 4.92. The molecular formula is C12H21NO. The molecule has 4 aliphatic carbocycles. The van der Waals surface area contributed by atoms with Crippen molar-refractivity contribution in [2.75, 3.05) is 6.61 Å². The topological polar surface area (TPSA) is 35.2 Å². The number of hydrogen-bond acceptors (Lipinski definition) is 2. The van der Waals surface area contributed by atoms with Crippen molar-refractivity contribution in [1.82, 2.24) is 0 Å². The van der Waals surface area contributed by atoms with Crippen molar-refractivity contribution < 1.29 is 4.74 Å². The van der Waals surface area contributed by atoms with Gasteiger partial charge in [0.2, 0.25) is 0 Å². The molecule has 2 nitrogen and oxygen atoms in total. The van der Waals surface area contributed by atoms with Gasteiger partial charge in [-0.2, -0.15) is 0 Å². The quantitative estimate of drug-likeness (QED) is 0.700. The van der Waals surface area contributed by atoms with Gasteiger partial charge in [-0.15, -0.1) is 0 Å². The third-order valence-electron chi connectivity index (χ3n) is 4.92. The Bertz CT molecular complexity index is 221. The predicted molar refractivity (Wildman–Crippen MR) is 55.6 cm³/mol. The van der Waals surface area contributed by atoms with Gasteiger partial charge in [0.1, 0.15) is 6.23 Å². The molecular weight excluding hydrogens is 174 g/mol. The molecule has 4 rings (SSSR count). The first kappa shape index (κ1) is 9.17. The minimum absolute atomic E-state index is 0.0168. The van der Waals surface area contributed by atoms with Crippen molar-refractivity contribution >= 4 is 0 Å². The van der Waals surface area contributed by atoms with Crippen LogP contribution in [0.4, 0.5) is 0 Å². The van der Waals surface area contributed by atoms with E-state index >= 15 is 0 Å². The number of hydrogen-bond donors (Lipinski definition) is 1. The Kier molecular flexibility index (Phi) is 1.94. The van der Waals surface area contributed by atoms with Gasteiger partial charge in [-0.25, -0.2) is 0 Å². The molecule has 0 saturated heterocycles. The first-order valence-electron chi connectivity index (χ1n) is 6.11. The Hall–Kier alpha value is -0.0800. The Labute approximate surface area is 86.2 Å². The minimum atomic E-state index is 0.0168. The molecule has 2 heteroatoms. The maximum Gasteiger partial charge on any atom is 0.111 e. The molecule has 0 radical (unpaired) electrons. The highest BCUT2D eigenvalue weighted by Gasteiger charge is 2.58. The molecule has 0 heterocycles. The Balaban J connectivity index is 1.79. The van der Waals surface area contributed by atoms with E-state index in [0.29, 0.717) is 5.41 Å². The van der Waals surface area contributed by atoms with Crippen molar-refractivity contribution in [2.24, 2.45) is 28.9 Å². The second-order valence-electron chi connectivity index (χ2n) is 5.71. The highest BCUT2D eigenvalue weighted by atomic mass is 16.5. The highest BCUT2D eigenvalue weighted by molar-refractivity contribution is 5.07. The molecule has 14 heavy (non-hydrogen) atoms. The Morgan fingerprint density at radius 1 is 1.29 bits per heavy atom. The number of ether oxygens (including phenoxy) is 1. The summed E-state index contributed by atoms with van der Waals surface area (Å²) in [4.78, 5) is 0. The van der Waals surface area contributed by atoms with E-state index in [4.69, 9.17) is 10.5 Å². The van der Waals surface area contributed by atoms with Crippen molar-refractivity contribution in [3.05, 3.63) is 0 Å². The van der Waals surface area contributed by atoms with Crippen LogP contribution in [0.5, 0.6) is 0 Å². The number of nitrogens with two attached hydrogens (primary N) is 1. The van der Waals surface area contributed by atoms with Crippen LogP contribution in [0, 0.1) is 23.2 Å². The fourth-order valence-electron chi connectivity index (χ4n) is 4.58. The molecule has 3 atom stereocenters. The third kappa shape index (κ3) is 1.10. The molecule has 4 bridgehead atoms. The van der Waals surface area contributed by atoms with E-state index in [9.17, 15) is 0 Å². The van der Waals surface area contributed by atoms with Gasteiger partial charge in [0.25, 0.3) is 0 Å². The minimum Gasteiger partial charge on any atom is -0.363 e. The fourth-order valence-corrected chi connectivity index (χ4v) is 4.58. The van der Waals surface area contributed by atoms with Crippen LogP contribution in [0.3, 0.4) is 0 Å². The summed E-state index contributed by atoms with van der Waals surface area (Å²) >= 11 is 0. The van der Waals surface area contributed by atoms with Crippen molar-refractivity contribution in [3.63, 3.8) is 0 Å². The van der Waals surface area contributed by atoms with E-state index in [1.165, 1.54) is 32.1 Å². The molecule has 4 fully saturated rings. The van der Waals surface area contributed by atoms with Gasteiger partial charge in [-0.1, -0.05) is 0 Å². The molecule has 0 aromatic carbocycles. The summed E-state index contributed by atoms with van der Waals surface area (Å²) in [7, 11) is 0. The van der Waals surface area contributed by atoms with Crippen LogP contribution in [0.15, 0.2) is 0 Å². The van der Waals surface area contributed by atoms with Gasteiger partial charge in [-0.3, -0.25) is 0 Å². The van der Waals surface area contributed by atoms with Gasteiger partial charge in [0, 0.05) is 12.0 Å². The molecule has 0 aromatic heterocycles. The summed E-state index contributed by atoms with van der Waals surface area (Å²) in [6.45, 7) is 2.81. The smallest absolute Gasteiger partial charge is 0.111 e. The largest absolute Gasteiger partial charge is 0.363 e. The summed E-state index contributed by atoms with van der Waals surface area (Å²) in [5, 5.41) is 0. The zero-order valence-electron chi connectivity index (χ0n) is 9.04. The summed E-state index contributed by atoms with van der Waals surface area (Å²) < 4.78 is 5.65. The normalized spacial score (nSPS) is 51.4. The van der Waals surface area contributed by atoms with Crippen molar-refractivity contribution in [3.8, 4) is 0 Å². The second-order valence-corrected chi connectivity index (χ2v) is 5.71. The van der Waals surface area contributed by atoms with Gasteiger partial charge in [-0.05, 0) is 56.8 Å². The van der Waals surface area contributed by atoms with Crippen molar-refractivity contribution in [2.45, 2.75) is 45.3 Å². The van der Waals surface area contributed by atoms with E-state index in [0.717, 1.165) is 24.4 Å². The first-order valence-corrected chi connectivity index (χ1v) is 6.11. The molecule has 4 aliphatic rings. The lowest BCUT2D eigenvalue weighted by Crippen LogP contribution is -2.45. The molecule has 0 spiro atoms. The summed E-state index contributed by atoms with van der Waals surface area (Å²) in [5.74, 6) is 2.99. The summed E-state index contributed by atoms with van der Waals surface area (Å²) in [6, 6.07) is 0. The SMILES string of the molecule is CCOC(N)C12CC3CC(C1)C(C3)C2. The van der Waals surface area contributed by atoms with Gasteiger partial charge < -0.3 is 10.5 Å². The fraction of sp³-hybridized carbons (Fsp3) is 1.00. The van der Waals surface area contributed by atoms with Crippen LogP contribution in [0.1, 0.15) is 39.0 Å². The molecule has 0 aliphatic heterocycles.